The van der Waals surface area contributed by atoms with Crippen LogP contribution in [0.25, 0.3) is 0 Å². The van der Waals surface area contributed by atoms with E-state index < -0.39 is 41.1 Å². The van der Waals surface area contributed by atoms with Crippen molar-refractivity contribution in [2.24, 2.45) is 0 Å². The first kappa shape index (κ1) is 36.7. The van der Waals surface area contributed by atoms with E-state index in [1.54, 1.807) is 62.3 Å². The van der Waals surface area contributed by atoms with Gasteiger partial charge in [-0.15, -0.1) is 0 Å². The Morgan fingerprint density at radius 3 is 1.25 bits per heavy atom. The van der Waals surface area contributed by atoms with E-state index in [0.29, 0.717) is 13.1 Å². The van der Waals surface area contributed by atoms with Gasteiger partial charge in [-0.2, -0.15) is 0 Å². The molecule has 0 radical (unpaired) electrons. The molecule has 248 valence electrons. The number of esters is 1. The summed E-state index contributed by atoms with van der Waals surface area (Å²) in [6.07, 6.45) is -1.60. The Bertz CT molecular complexity index is 1050. The molecule has 0 aliphatic carbocycles. The van der Waals surface area contributed by atoms with Crippen LogP contribution in [0.2, 0.25) is 0 Å². The average molecular weight is 621 g/mol. The zero-order valence-electron chi connectivity index (χ0n) is 28.0. The van der Waals surface area contributed by atoms with Crippen molar-refractivity contribution in [2.45, 2.75) is 85.7 Å². The van der Waals surface area contributed by atoms with Crippen molar-refractivity contribution in [1.82, 2.24) is 19.6 Å². The van der Waals surface area contributed by atoms with Gasteiger partial charge in [0.25, 0.3) is 0 Å². The Labute approximate surface area is 262 Å². The van der Waals surface area contributed by atoms with Crippen molar-refractivity contribution >= 4 is 24.2 Å². The smallest absolute Gasteiger partial charge is 0.410 e. The average Bonchev–Trinajstić information content (AvgIpc) is 2.86. The highest BCUT2D eigenvalue weighted by Gasteiger charge is 2.30. The highest BCUT2D eigenvalue weighted by molar-refractivity contribution is 5.72. The van der Waals surface area contributed by atoms with E-state index in [9.17, 15) is 19.2 Å². The molecule has 1 aliphatic heterocycles. The van der Waals surface area contributed by atoms with Crippen molar-refractivity contribution in [3.8, 4) is 0 Å². The van der Waals surface area contributed by atoms with E-state index >= 15 is 0 Å². The van der Waals surface area contributed by atoms with Crippen molar-refractivity contribution in [2.75, 3.05) is 58.9 Å². The SMILES string of the molecule is CC(C)(C)OC(=O)N1CCN(CC(=O)OCc2ccccc2)CCN(C(=O)OC(C)(C)C)CCN(C(=O)OC(C)(C)C)CC1. The van der Waals surface area contributed by atoms with E-state index in [-0.39, 0.29) is 52.4 Å². The number of hydrogen-bond donors (Lipinski definition) is 0. The largest absolute Gasteiger partial charge is 0.460 e. The molecule has 12 nitrogen and oxygen atoms in total. The molecule has 0 bridgehead atoms. The van der Waals surface area contributed by atoms with Gasteiger partial charge in [-0.05, 0) is 67.9 Å². The Morgan fingerprint density at radius 2 is 0.909 bits per heavy atom. The molecule has 1 aliphatic rings. The minimum absolute atomic E-state index is 0.0405. The summed E-state index contributed by atoms with van der Waals surface area (Å²) in [5.74, 6) is -0.426. The maximum absolute atomic E-state index is 13.2. The molecule has 44 heavy (non-hydrogen) atoms. The molecule has 0 N–H and O–H groups in total. The first-order valence-corrected chi connectivity index (χ1v) is 15.2. The molecule has 3 amide bonds. The fourth-order valence-corrected chi connectivity index (χ4v) is 4.11. The maximum atomic E-state index is 13.2. The molecular formula is C32H52N4O8. The molecule has 2 rings (SSSR count). The lowest BCUT2D eigenvalue weighted by atomic mass is 10.2. The number of carbonyl (C=O) groups is 4. The lowest BCUT2D eigenvalue weighted by Gasteiger charge is -2.35. The third kappa shape index (κ3) is 14.8. The van der Waals surface area contributed by atoms with E-state index in [2.05, 4.69) is 0 Å². The second-order valence-corrected chi connectivity index (χ2v) is 13.8. The van der Waals surface area contributed by atoms with E-state index in [4.69, 9.17) is 18.9 Å². The van der Waals surface area contributed by atoms with Gasteiger partial charge >= 0.3 is 24.2 Å². The van der Waals surface area contributed by atoms with Crippen LogP contribution in [0.5, 0.6) is 0 Å². The summed E-state index contributed by atoms with van der Waals surface area (Å²) >= 11 is 0. The van der Waals surface area contributed by atoms with Crippen molar-refractivity contribution in [1.29, 1.82) is 0 Å². The first-order chi connectivity index (χ1) is 20.3. The second-order valence-electron chi connectivity index (χ2n) is 13.8. The van der Waals surface area contributed by atoms with Gasteiger partial charge in [-0.1, -0.05) is 30.3 Å². The van der Waals surface area contributed by atoms with Gasteiger partial charge in [0, 0.05) is 52.4 Å². The summed E-state index contributed by atoms with van der Waals surface area (Å²) in [6, 6.07) is 9.39. The summed E-state index contributed by atoms with van der Waals surface area (Å²) in [5.41, 5.74) is -1.30. The van der Waals surface area contributed by atoms with Gasteiger partial charge in [0.15, 0.2) is 0 Å². The number of amides is 3. The van der Waals surface area contributed by atoms with Crippen LogP contribution in [0.4, 0.5) is 14.4 Å². The summed E-state index contributed by atoms with van der Waals surface area (Å²) < 4.78 is 22.4. The third-order valence-electron chi connectivity index (χ3n) is 6.20. The highest BCUT2D eigenvalue weighted by atomic mass is 16.6. The summed E-state index contributed by atoms with van der Waals surface area (Å²) in [7, 11) is 0. The van der Waals surface area contributed by atoms with Crippen molar-refractivity contribution < 1.29 is 38.1 Å². The van der Waals surface area contributed by atoms with Gasteiger partial charge < -0.3 is 33.6 Å². The summed E-state index contributed by atoms with van der Waals surface area (Å²) in [5, 5.41) is 0. The molecule has 0 unspecified atom stereocenters. The van der Waals surface area contributed by atoms with Crippen LogP contribution in [0.15, 0.2) is 30.3 Å². The molecule has 0 atom stereocenters. The minimum atomic E-state index is -0.730. The Balaban J connectivity index is 2.30. The van der Waals surface area contributed by atoms with Crippen LogP contribution >= 0.6 is 0 Å². The molecule has 1 aromatic rings. The van der Waals surface area contributed by atoms with Crippen LogP contribution in [-0.2, 0) is 30.3 Å². The lowest BCUT2D eigenvalue weighted by Crippen LogP contribution is -2.51. The van der Waals surface area contributed by atoms with Gasteiger partial charge in [0.05, 0.1) is 6.54 Å². The monoisotopic (exact) mass is 620 g/mol. The Morgan fingerprint density at radius 1 is 0.568 bits per heavy atom. The summed E-state index contributed by atoms with van der Waals surface area (Å²) in [4.78, 5) is 58.8. The molecule has 1 aromatic carbocycles. The zero-order valence-corrected chi connectivity index (χ0v) is 28.0. The molecule has 0 aromatic heterocycles. The predicted octanol–water partition coefficient (Wildman–Crippen LogP) is 4.76. The molecule has 0 spiro atoms. The standard InChI is InChI=1S/C32H52N4O8/c1-30(2,3)42-27(38)34-17-15-33(23-26(37)41-24-25-13-11-10-12-14-25)16-18-35(28(39)43-31(4,5)6)20-22-36(21-19-34)29(40)44-32(7,8)9/h10-14H,15-24H2,1-9H3. The molecule has 12 heteroatoms. The maximum Gasteiger partial charge on any atom is 0.410 e. The van der Waals surface area contributed by atoms with Crippen LogP contribution in [0, 0.1) is 0 Å². The van der Waals surface area contributed by atoms with Crippen molar-refractivity contribution in [3.05, 3.63) is 35.9 Å². The molecule has 1 saturated heterocycles. The number of rotatable bonds is 4. The molecule has 1 heterocycles. The second kappa shape index (κ2) is 16.0. The summed E-state index contributed by atoms with van der Waals surface area (Å²) in [6.45, 7) is 17.8. The van der Waals surface area contributed by atoms with Crippen LogP contribution in [-0.4, -0.2) is 120 Å². The molecule has 0 saturated carbocycles. The molecular weight excluding hydrogens is 568 g/mol. The zero-order chi connectivity index (χ0) is 33.1. The fourth-order valence-electron chi connectivity index (χ4n) is 4.11. The Hall–Kier alpha value is -3.54. The first-order valence-electron chi connectivity index (χ1n) is 15.2. The predicted molar refractivity (Wildman–Crippen MR) is 166 cm³/mol. The van der Waals surface area contributed by atoms with Gasteiger partial charge in [-0.3, -0.25) is 9.69 Å². The topological polar surface area (TPSA) is 118 Å². The number of hydrogen-bond acceptors (Lipinski definition) is 9. The number of nitrogens with zero attached hydrogens (tertiary/aromatic N) is 4. The van der Waals surface area contributed by atoms with Crippen LogP contribution < -0.4 is 0 Å². The number of carbonyl (C=O) groups excluding carboxylic acids is 4. The van der Waals surface area contributed by atoms with E-state index in [1.165, 1.54) is 14.7 Å². The van der Waals surface area contributed by atoms with E-state index in [0.717, 1.165) is 5.56 Å². The van der Waals surface area contributed by atoms with Gasteiger partial charge in [0.1, 0.15) is 23.4 Å². The number of benzene rings is 1. The quantitative estimate of drug-likeness (QED) is 0.347. The van der Waals surface area contributed by atoms with Crippen LogP contribution in [0.3, 0.4) is 0 Å². The van der Waals surface area contributed by atoms with Crippen molar-refractivity contribution in [3.63, 3.8) is 0 Å². The fraction of sp³-hybridized carbons (Fsp3) is 0.688. The highest BCUT2D eigenvalue weighted by Crippen LogP contribution is 2.15. The molecule has 1 fully saturated rings. The van der Waals surface area contributed by atoms with Gasteiger partial charge in [0.2, 0.25) is 0 Å². The minimum Gasteiger partial charge on any atom is -0.460 e. The Kier molecular flexibility index (Phi) is 13.3. The normalized spacial score (nSPS) is 16.3. The van der Waals surface area contributed by atoms with Gasteiger partial charge in [-0.25, -0.2) is 14.4 Å². The van der Waals surface area contributed by atoms with E-state index in [1.807, 2.05) is 35.2 Å². The third-order valence-corrected chi connectivity index (χ3v) is 6.20. The number of ether oxygens (including phenoxy) is 4. The lowest BCUT2D eigenvalue weighted by molar-refractivity contribution is -0.146. The van der Waals surface area contributed by atoms with Crippen LogP contribution in [0.1, 0.15) is 67.9 Å².